The maximum Gasteiger partial charge on any atom is 0.534 e. The smallest absolute Gasteiger partial charge is 0.493 e. The van der Waals surface area contributed by atoms with Gasteiger partial charge in [-0.25, -0.2) is 0 Å². The summed E-state index contributed by atoms with van der Waals surface area (Å²) in [5, 5.41) is 1.23. The molecule has 0 spiro atoms. The van der Waals surface area contributed by atoms with E-state index in [0.717, 1.165) is 13.2 Å². The lowest BCUT2D eigenvalue weighted by Gasteiger charge is -2.18. The van der Waals surface area contributed by atoms with E-state index >= 15 is 0 Å². The minimum atomic E-state index is -5.98. The summed E-state index contributed by atoms with van der Waals surface area (Å²) in [6.45, 7) is 1.70. The second-order valence-electron chi connectivity index (χ2n) is 7.03. The van der Waals surface area contributed by atoms with E-state index in [9.17, 15) is 21.6 Å². The Balaban J connectivity index is 2.30. The quantitative estimate of drug-likeness (QED) is 0.316. The highest BCUT2D eigenvalue weighted by Gasteiger charge is 2.49. The molecule has 0 amide bonds. The first kappa shape index (κ1) is 26.0. The third kappa shape index (κ3) is 4.67. The molecule has 0 aliphatic carbocycles. The molecule has 9 nitrogen and oxygen atoms in total. The van der Waals surface area contributed by atoms with Gasteiger partial charge in [-0.2, -0.15) is 21.6 Å². The molecule has 1 aromatic heterocycles. The molecule has 3 aromatic rings. The second kappa shape index (κ2) is 9.56. The summed E-state index contributed by atoms with van der Waals surface area (Å²) in [5.41, 5.74) is -4.67. The van der Waals surface area contributed by atoms with Crippen molar-refractivity contribution in [2.75, 3.05) is 35.5 Å². The first-order chi connectivity index (χ1) is 16.4. The number of halogens is 3. The number of nitrogens with zero attached hydrogens (tertiary/aromatic N) is 1. The van der Waals surface area contributed by atoms with Crippen LogP contribution in [0.15, 0.2) is 24.3 Å². The van der Waals surface area contributed by atoms with Crippen molar-refractivity contribution >= 4 is 20.9 Å². The van der Waals surface area contributed by atoms with E-state index < -0.39 is 21.4 Å². The summed E-state index contributed by atoms with van der Waals surface area (Å²) in [6.07, 6.45) is 0. The molecule has 3 rings (SSSR count). The van der Waals surface area contributed by atoms with Crippen LogP contribution in [0.2, 0.25) is 0 Å². The van der Waals surface area contributed by atoms with E-state index in [1.807, 2.05) is 0 Å². The van der Waals surface area contributed by atoms with Gasteiger partial charge in [0.15, 0.2) is 23.0 Å². The molecule has 35 heavy (non-hydrogen) atoms. The van der Waals surface area contributed by atoms with Crippen LogP contribution in [0, 0.1) is 6.92 Å². The summed E-state index contributed by atoms with van der Waals surface area (Å²) in [5.74, 6) is -0.00795. The second-order valence-corrected chi connectivity index (χ2v) is 8.57. The molecule has 190 valence electrons. The van der Waals surface area contributed by atoms with Crippen LogP contribution in [0.1, 0.15) is 5.69 Å². The third-order valence-corrected chi connectivity index (χ3v) is 5.99. The minimum absolute atomic E-state index is 0.0678. The molecule has 2 aromatic carbocycles. The Labute approximate surface area is 199 Å². The van der Waals surface area contributed by atoms with Crippen molar-refractivity contribution in [3.63, 3.8) is 0 Å². The number of rotatable bonds is 8. The normalized spacial score (nSPS) is 11.8. The van der Waals surface area contributed by atoms with Crippen LogP contribution < -0.4 is 27.9 Å². The van der Waals surface area contributed by atoms with Crippen molar-refractivity contribution in [1.82, 2.24) is 4.98 Å². The third-order valence-electron chi connectivity index (χ3n) is 5.03. The monoisotopic (exact) mass is 517 g/mol. The summed E-state index contributed by atoms with van der Waals surface area (Å²) < 4.78 is 93.2. The lowest BCUT2D eigenvalue weighted by atomic mass is 10.0. The number of hydrogen-bond acceptors (Lipinski definition) is 9. The number of fused-ring (bicyclic) bond motifs is 1. The average molecular weight is 517 g/mol. The van der Waals surface area contributed by atoms with E-state index in [0.29, 0.717) is 33.7 Å². The van der Waals surface area contributed by atoms with E-state index in [2.05, 4.69) is 9.17 Å². The molecule has 0 bridgehead atoms. The van der Waals surface area contributed by atoms with Crippen LogP contribution in [-0.2, 0) is 10.1 Å². The highest BCUT2D eigenvalue weighted by atomic mass is 32.2. The van der Waals surface area contributed by atoms with Crippen LogP contribution in [0.5, 0.6) is 34.5 Å². The molecule has 0 saturated heterocycles. The van der Waals surface area contributed by atoms with E-state index in [1.165, 1.54) is 34.5 Å². The number of pyridine rings is 1. The van der Waals surface area contributed by atoms with Gasteiger partial charge in [0.25, 0.3) is 0 Å². The molecular formula is C22H22F3NO8S. The lowest BCUT2D eigenvalue weighted by molar-refractivity contribution is -0.0500. The predicted octanol–water partition coefficient (Wildman–Crippen LogP) is 4.48. The molecule has 0 fully saturated rings. The number of aryl methyl sites for hydroxylation is 1. The molecule has 13 heteroatoms. The number of hydrogen-bond donors (Lipinski definition) is 0. The molecule has 0 unspecified atom stereocenters. The van der Waals surface area contributed by atoms with Crippen LogP contribution in [0.4, 0.5) is 13.2 Å². The SMILES string of the molecule is COc1cc(-c2cc3cc(OC)c(OC)c(OC)c3c(C)n2)cc(OS(=O)(=O)C(F)(F)F)c1OC. The van der Waals surface area contributed by atoms with Gasteiger partial charge in [0, 0.05) is 16.6 Å². The Hall–Kier alpha value is -3.61. The topological polar surface area (TPSA) is 102 Å². The molecule has 0 saturated carbocycles. The minimum Gasteiger partial charge on any atom is -0.493 e. The van der Waals surface area contributed by atoms with Crippen LogP contribution in [-0.4, -0.2) is 54.5 Å². The van der Waals surface area contributed by atoms with Gasteiger partial charge in [-0.3, -0.25) is 4.98 Å². The van der Waals surface area contributed by atoms with Crippen molar-refractivity contribution in [3.05, 3.63) is 30.0 Å². The van der Waals surface area contributed by atoms with Gasteiger partial charge < -0.3 is 27.9 Å². The van der Waals surface area contributed by atoms with Crippen LogP contribution in [0.25, 0.3) is 22.0 Å². The summed E-state index contributed by atoms with van der Waals surface area (Å²) in [4.78, 5) is 4.53. The van der Waals surface area contributed by atoms with E-state index in [4.69, 9.17) is 23.7 Å². The van der Waals surface area contributed by atoms with E-state index in [-0.39, 0.29) is 22.8 Å². The molecule has 0 radical (unpaired) electrons. The Morgan fingerprint density at radius 2 is 1.29 bits per heavy atom. The largest absolute Gasteiger partial charge is 0.534 e. The van der Waals surface area contributed by atoms with Gasteiger partial charge in [-0.15, -0.1) is 0 Å². The van der Waals surface area contributed by atoms with E-state index in [1.54, 1.807) is 19.1 Å². The van der Waals surface area contributed by atoms with Gasteiger partial charge in [-0.1, -0.05) is 0 Å². The Morgan fingerprint density at radius 3 is 1.80 bits per heavy atom. The Bertz CT molecular complexity index is 1370. The molecule has 1 heterocycles. The lowest BCUT2D eigenvalue weighted by Crippen LogP contribution is -2.28. The van der Waals surface area contributed by atoms with Crippen molar-refractivity contribution < 1.29 is 49.5 Å². The van der Waals surface area contributed by atoms with Crippen LogP contribution in [0.3, 0.4) is 0 Å². The number of benzene rings is 2. The Morgan fingerprint density at radius 1 is 0.743 bits per heavy atom. The van der Waals surface area contributed by atoms with Crippen molar-refractivity contribution in [1.29, 1.82) is 0 Å². The Kier molecular flexibility index (Phi) is 7.11. The molecule has 0 aliphatic rings. The fraction of sp³-hybridized carbons (Fsp3) is 0.318. The van der Waals surface area contributed by atoms with Crippen LogP contribution >= 0.6 is 0 Å². The first-order valence-corrected chi connectivity index (χ1v) is 11.2. The zero-order valence-corrected chi connectivity index (χ0v) is 20.4. The predicted molar refractivity (Wildman–Crippen MR) is 120 cm³/mol. The maximum absolute atomic E-state index is 13.0. The summed E-state index contributed by atoms with van der Waals surface area (Å²) in [7, 11) is 0.775. The molecular weight excluding hydrogens is 495 g/mol. The maximum atomic E-state index is 13.0. The number of aromatic nitrogens is 1. The molecule has 0 aliphatic heterocycles. The highest BCUT2D eigenvalue weighted by Crippen LogP contribution is 2.47. The van der Waals surface area contributed by atoms with Crippen molar-refractivity contribution in [3.8, 4) is 45.8 Å². The van der Waals surface area contributed by atoms with Gasteiger partial charge in [0.1, 0.15) is 0 Å². The summed E-state index contributed by atoms with van der Waals surface area (Å²) >= 11 is 0. The highest BCUT2D eigenvalue weighted by molar-refractivity contribution is 7.88. The van der Waals surface area contributed by atoms with Gasteiger partial charge >= 0.3 is 15.6 Å². The van der Waals surface area contributed by atoms with Gasteiger partial charge in [0.05, 0.1) is 41.2 Å². The number of alkyl halides is 3. The molecule has 0 N–H and O–H groups in total. The zero-order valence-electron chi connectivity index (χ0n) is 19.6. The average Bonchev–Trinajstić information content (AvgIpc) is 2.80. The van der Waals surface area contributed by atoms with Crippen molar-refractivity contribution in [2.24, 2.45) is 0 Å². The zero-order chi connectivity index (χ0) is 26.1. The fourth-order valence-corrected chi connectivity index (χ4v) is 3.99. The van der Waals surface area contributed by atoms with Crippen molar-refractivity contribution in [2.45, 2.75) is 12.4 Å². The molecule has 0 atom stereocenters. The van der Waals surface area contributed by atoms with Gasteiger partial charge in [-0.05, 0) is 36.6 Å². The fourth-order valence-electron chi connectivity index (χ4n) is 3.53. The van der Waals surface area contributed by atoms with Gasteiger partial charge in [0.2, 0.25) is 11.5 Å². The first-order valence-electron chi connectivity index (χ1n) is 9.79. The number of methoxy groups -OCH3 is 5. The number of ether oxygens (including phenoxy) is 5. The standard InChI is InChI=1S/C22H22F3NO8S/c1-11-18-13(10-16(30-3)20(32-5)21(18)33-6)7-14(26-11)12-8-15(29-2)19(31-4)17(9-12)34-35(27,28)22(23,24)25/h7-10H,1-6H3. The summed E-state index contributed by atoms with van der Waals surface area (Å²) in [6, 6.07) is 5.80.